The van der Waals surface area contributed by atoms with Crippen LogP contribution in [0.4, 0.5) is 5.69 Å². The molecule has 0 amide bonds. The zero-order valence-electron chi connectivity index (χ0n) is 7.74. The number of aliphatic hydroxyl groups excluding tert-OH is 1. The van der Waals surface area contributed by atoms with Crippen LogP contribution in [0.25, 0.3) is 0 Å². The van der Waals surface area contributed by atoms with Gasteiger partial charge in [-0.1, -0.05) is 11.6 Å². The second kappa shape index (κ2) is 4.30. The Hall–Kier alpha value is -1.26. The van der Waals surface area contributed by atoms with Crippen LogP contribution in [0.15, 0.2) is 24.3 Å². The predicted octanol–water partition coefficient (Wildman–Crippen LogP) is 1.38. The van der Waals surface area contributed by atoms with Crippen molar-refractivity contribution in [3.8, 4) is 0 Å². The largest absolute Gasteiger partial charge is 0.373 e. The molecular formula is C9H12ClN3O. The predicted molar refractivity (Wildman–Crippen MR) is 57.5 cm³/mol. The van der Waals surface area contributed by atoms with Gasteiger partial charge in [0.15, 0.2) is 5.96 Å². The summed E-state index contributed by atoms with van der Waals surface area (Å²) < 4.78 is 0. The number of nitrogens with one attached hydrogen (secondary N) is 1. The highest BCUT2D eigenvalue weighted by Gasteiger charge is 2.14. The molecule has 1 rings (SSSR count). The van der Waals surface area contributed by atoms with Crippen molar-refractivity contribution in [3.05, 3.63) is 29.3 Å². The summed E-state index contributed by atoms with van der Waals surface area (Å²) in [6, 6.07) is 6.73. The Kier molecular flexibility index (Phi) is 3.33. The highest BCUT2D eigenvalue weighted by molar-refractivity contribution is 6.30. The number of guanidine groups is 1. The van der Waals surface area contributed by atoms with E-state index in [4.69, 9.17) is 22.7 Å². The Morgan fingerprint density at radius 3 is 2.36 bits per heavy atom. The number of nitrogens with zero attached hydrogens (tertiary/aromatic N) is 1. The number of hydrogen-bond donors (Lipinski definition) is 3. The number of benzene rings is 1. The zero-order valence-corrected chi connectivity index (χ0v) is 8.49. The lowest BCUT2D eigenvalue weighted by Gasteiger charge is -2.25. The van der Waals surface area contributed by atoms with Crippen molar-refractivity contribution >= 4 is 23.2 Å². The van der Waals surface area contributed by atoms with Crippen molar-refractivity contribution in [2.24, 2.45) is 5.73 Å². The summed E-state index contributed by atoms with van der Waals surface area (Å²) >= 11 is 5.71. The molecule has 0 aliphatic heterocycles. The summed E-state index contributed by atoms with van der Waals surface area (Å²) in [6.45, 7) is 1.54. The number of halogens is 1. The third-order valence-corrected chi connectivity index (χ3v) is 1.99. The molecule has 0 spiro atoms. The molecule has 0 aromatic heterocycles. The van der Waals surface area contributed by atoms with Crippen LogP contribution in [0.5, 0.6) is 0 Å². The average Bonchev–Trinajstić information content (AvgIpc) is 2.07. The molecule has 0 fully saturated rings. The molecular weight excluding hydrogens is 202 g/mol. The maximum atomic E-state index is 9.38. The van der Waals surface area contributed by atoms with Crippen LogP contribution in [0.2, 0.25) is 5.02 Å². The normalized spacial score (nSPS) is 12.2. The molecule has 14 heavy (non-hydrogen) atoms. The maximum Gasteiger partial charge on any atom is 0.195 e. The van der Waals surface area contributed by atoms with E-state index in [2.05, 4.69) is 0 Å². The third-order valence-electron chi connectivity index (χ3n) is 1.74. The Morgan fingerprint density at radius 2 is 2.00 bits per heavy atom. The lowest BCUT2D eigenvalue weighted by molar-refractivity contribution is 0.204. The van der Waals surface area contributed by atoms with Gasteiger partial charge in [-0.2, -0.15) is 0 Å². The molecule has 1 atom stereocenters. The Morgan fingerprint density at radius 1 is 1.50 bits per heavy atom. The van der Waals surface area contributed by atoms with Crippen LogP contribution in [0, 0.1) is 5.41 Å². The minimum absolute atomic E-state index is 0.206. The van der Waals surface area contributed by atoms with E-state index >= 15 is 0 Å². The topological polar surface area (TPSA) is 73.3 Å². The average molecular weight is 214 g/mol. The minimum atomic E-state index is -0.839. The number of rotatable bonds is 2. The second-order valence-electron chi connectivity index (χ2n) is 2.86. The summed E-state index contributed by atoms with van der Waals surface area (Å²) in [4.78, 5) is 1.29. The van der Waals surface area contributed by atoms with Gasteiger partial charge in [0.2, 0.25) is 0 Å². The van der Waals surface area contributed by atoms with E-state index in [-0.39, 0.29) is 5.96 Å². The first kappa shape index (κ1) is 10.8. The van der Waals surface area contributed by atoms with Crippen LogP contribution in [0.3, 0.4) is 0 Å². The Labute approximate surface area is 87.4 Å². The zero-order chi connectivity index (χ0) is 10.7. The van der Waals surface area contributed by atoms with Crippen molar-refractivity contribution in [3.63, 3.8) is 0 Å². The molecule has 0 aliphatic carbocycles. The first-order valence-corrected chi connectivity index (χ1v) is 4.47. The van der Waals surface area contributed by atoms with Crippen molar-refractivity contribution in [2.45, 2.75) is 13.2 Å². The first-order chi connectivity index (χ1) is 6.52. The summed E-state index contributed by atoms with van der Waals surface area (Å²) in [6.07, 6.45) is -0.839. The van der Waals surface area contributed by atoms with Gasteiger partial charge in [-0.05, 0) is 31.2 Å². The van der Waals surface area contributed by atoms with Crippen LogP contribution >= 0.6 is 11.6 Å². The Bertz CT molecular complexity index is 323. The molecule has 76 valence electrons. The standard InChI is InChI=1S/C9H12ClN3O/c1-6(14)13(9(11)12)8-4-2-7(10)3-5-8/h2-6,14H,1H3,(H3,11,12). The van der Waals surface area contributed by atoms with Crippen molar-refractivity contribution in [1.82, 2.24) is 0 Å². The SMILES string of the molecule is CC(O)N(C(=N)N)c1ccc(Cl)cc1. The molecule has 0 saturated carbocycles. The van der Waals surface area contributed by atoms with Crippen LogP contribution in [0.1, 0.15) is 6.92 Å². The van der Waals surface area contributed by atoms with Crippen molar-refractivity contribution < 1.29 is 5.11 Å². The second-order valence-corrected chi connectivity index (χ2v) is 3.30. The highest BCUT2D eigenvalue weighted by atomic mass is 35.5. The van der Waals surface area contributed by atoms with Crippen molar-refractivity contribution in [1.29, 1.82) is 5.41 Å². The van der Waals surface area contributed by atoms with Crippen molar-refractivity contribution in [2.75, 3.05) is 4.90 Å². The smallest absolute Gasteiger partial charge is 0.195 e. The molecule has 4 N–H and O–H groups in total. The molecule has 0 bridgehead atoms. The highest BCUT2D eigenvalue weighted by Crippen LogP contribution is 2.18. The fraction of sp³-hybridized carbons (Fsp3) is 0.222. The van der Waals surface area contributed by atoms with Gasteiger partial charge in [0.25, 0.3) is 0 Å². The maximum absolute atomic E-state index is 9.38. The van der Waals surface area contributed by atoms with E-state index in [9.17, 15) is 5.11 Å². The molecule has 0 radical (unpaired) electrons. The van der Waals surface area contributed by atoms with Gasteiger partial charge in [-0.25, -0.2) is 0 Å². The summed E-state index contributed by atoms with van der Waals surface area (Å²) in [5.74, 6) is -0.206. The van der Waals surface area contributed by atoms with E-state index in [0.717, 1.165) is 0 Å². The molecule has 1 aromatic rings. The number of anilines is 1. The van der Waals surface area contributed by atoms with Gasteiger partial charge < -0.3 is 10.8 Å². The van der Waals surface area contributed by atoms with Crippen LogP contribution < -0.4 is 10.6 Å². The lowest BCUT2D eigenvalue weighted by Crippen LogP contribution is -2.42. The summed E-state index contributed by atoms with van der Waals surface area (Å²) in [5, 5.41) is 17.3. The van der Waals surface area contributed by atoms with Gasteiger partial charge in [0.1, 0.15) is 6.23 Å². The molecule has 0 aliphatic rings. The molecule has 4 nitrogen and oxygen atoms in total. The van der Waals surface area contributed by atoms with E-state index in [0.29, 0.717) is 10.7 Å². The van der Waals surface area contributed by atoms with Gasteiger partial charge in [-0.15, -0.1) is 0 Å². The summed E-state index contributed by atoms with van der Waals surface area (Å²) in [7, 11) is 0. The number of hydrogen-bond acceptors (Lipinski definition) is 2. The monoisotopic (exact) mass is 213 g/mol. The van der Waals surface area contributed by atoms with Gasteiger partial charge in [-0.3, -0.25) is 10.3 Å². The van der Waals surface area contributed by atoms with Gasteiger partial charge in [0, 0.05) is 10.7 Å². The molecule has 0 heterocycles. The van der Waals surface area contributed by atoms with Gasteiger partial charge in [0.05, 0.1) is 0 Å². The minimum Gasteiger partial charge on any atom is -0.373 e. The van der Waals surface area contributed by atoms with E-state index in [1.807, 2.05) is 0 Å². The van der Waals surface area contributed by atoms with E-state index in [1.54, 1.807) is 24.3 Å². The fourth-order valence-corrected chi connectivity index (χ4v) is 1.28. The summed E-state index contributed by atoms with van der Waals surface area (Å²) in [5.41, 5.74) is 5.96. The quantitative estimate of drug-likeness (QED) is 0.395. The van der Waals surface area contributed by atoms with Crippen LogP contribution in [-0.4, -0.2) is 17.3 Å². The third kappa shape index (κ3) is 2.37. The van der Waals surface area contributed by atoms with Crippen LogP contribution in [-0.2, 0) is 0 Å². The number of aliphatic hydroxyl groups is 1. The van der Waals surface area contributed by atoms with Gasteiger partial charge >= 0.3 is 0 Å². The molecule has 0 saturated heterocycles. The number of nitrogens with two attached hydrogens (primary N) is 1. The van der Waals surface area contributed by atoms with E-state index in [1.165, 1.54) is 11.8 Å². The lowest BCUT2D eigenvalue weighted by atomic mass is 10.3. The Balaban J connectivity index is 3.00. The fourth-order valence-electron chi connectivity index (χ4n) is 1.16. The molecule has 5 heteroatoms. The molecule has 1 aromatic carbocycles. The first-order valence-electron chi connectivity index (χ1n) is 4.09. The van der Waals surface area contributed by atoms with E-state index < -0.39 is 6.23 Å². The molecule has 1 unspecified atom stereocenters.